The van der Waals surface area contributed by atoms with Gasteiger partial charge in [0.05, 0.1) is 0 Å². The van der Waals surface area contributed by atoms with Crippen molar-refractivity contribution >= 4 is 5.78 Å². The van der Waals surface area contributed by atoms with Crippen LogP contribution in [0.1, 0.15) is 25.7 Å². The molecule has 0 aliphatic carbocycles. The summed E-state index contributed by atoms with van der Waals surface area (Å²) in [4.78, 5) is 11.3. The molecule has 0 aromatic rings. The number of fused-ring (bicyclic) bond motifs is 2. The Morgan fingerprint density at radius 2 is 2.38 bits per heavy atom. The van der Waals surface area contributed by atoms with E-state index >= 15 is 0 Å². The summed E-state index contributed by atoms with van der Waals surface area (Å²) in [5.74, 6) is -0.111. The molecule has 72 valence electrons. The van der Waals surface area contributed by atoms with Gasteiger partial charge in [0.15, 0.2) is 5.78 Å². The van der Waals surface area contributed by atoms with Crippen molar-refractivity contribution in [2.45, 2.75) is 37.8 Å². The molecule has 2 bridgehead atoms. The molecule has 1 fully saturated rings. The first kappa shape index (κ1) is 8.91. The van der Waals surface area contributed by atoms with E-state index < -0.39 is 0 Å². The fourth-order valence-corrected chi connectivity index (χ4v) is 2.27. The molecule has 13 heavy (non-hydrogen) atoms. The number of allylic oxidation sites excluding steroid dienone is 1. The lowest BCUT2D eigenvalue weighted by Crippen LogP contribution is -2.32. The summed E-state index contributed by atoms with van der Waals surface area (Å²) >= 11 is 0. The van der Waals surface area contributed by atoms with Crippen molar-refractivity contribution in [3.05, 3.63) is 11.6 Å². The lowest BCUT2D eigenvalue weighted by atomic mass is 9.97. The van der Waals surface area contributed by atoms with E-state index in [0.717, 1.165) is 24.8 Å². The van der Waals surface area contributed by atoms with Gasteiger partial charge in [-0.3, -0.25) is 4.79 Å². The third-order valence-corrected chi connectivity index (χ3v) is 2.96. The molecule has 0 saturated carbocycles. The molecule has 0 spiro atoms. The molecule has 0 aromatic carbocycles. The van der Waals surface area contributed by atoms with Crippen molar-refractivity contribution in [3.8, 4) is 0 Å². The van der Waals surface area contributed by atoms with Gasteiger partial charge in [-0.15, -0.1) is 0 Å². The minimum absolute atomic E-state index is 0.111. The lowest BCUT2D eigenvalue weighted by Gasteiger charge is -2.12. The molecule has 3 heteroatoms. The van der Waals surface area contributed by atoms with Crippen molar-refractivity contribution in [3.63, 3.8) is 0 Å². The summed E-state index contributed by atoms with van der Waals surface area (Å²) in [5, 5.41) is 12.2. The number of ketones is 1. The van der Waals surface area contributed by atoms with Crippen LogP contribution in [0.4, 0.5) is 0 Å². The van der Waals surface area contributed by atoms with Crippen LogP contribution in [0, 0.1) is 0 Å². The Labute approximate surface area is 77.8 Å². The van der Waals surface area contributed by atoms with Crippen molar-refractivity contribution in [1.82, 2.24) is 5.32 Å². The van der Waals surface area contributed by atoms with Gasteiger partial charge in [0.1, 0.15) is 6.61 Å². The van der Waals surface area contributed by atoms with E-state index in [1.807, 2.05) is 6.08 Å². The minimum atomic E-state index is -0.353. The standard InChI is InChI=1S/C10H15NO2/c12-6-10(13)8-3-1-2-7-4-5-9(8)11-7/h3,7,9,11-12H,1-2,4-6H2/t7-,9-/m1/s1. The summed E-state index contributed by atoms with van der Waals surface area (Å²) in [7, 11) is 0. The first-order chi connectivity index (χ1) is 6.31. The molecular weight excluding hydrogens is 166 g/mol. The van der Waals surface area contributed by atoms with Crippen LogP contribution in [0.25, 0.3) is 0 Å². The van der Waals surface area contributed by atoms with E-state index in [4.69, 9.17) is 5.11 Å². The van der Waals surface area contributed by atoms with Gasteiger partial charge in [0.2, 0.25) is 0 Å². The second-order valence-electron chi connectivity index (χ2n) is 3.81. The molecule has 2 N–H and O–H groups in total. The van der Waals surface area contributed by atoms with Crippen molar-refractivity contribution < 1.29 is 9.90 Å². The summed E-state index contributed by atoms with van der Waals surface area (Å²) in [5.41, 5.74) is 0.808. The highest BCUT2D eigenvalue weighted by atomic mass is 16.3. The van der Waals surface area contributed by atoms with Crippen LogP contribution in [0.3, 0.4) is 0 Å². The number of aliphatic hydroxyl groups is 1. The Kier molecular flexibility index (Phi) is 2.47. The predicted octanol–water partition coefficient (Wildman–Crippen LogP) is 0.389. The molecule has 2 heterocycles. The predicted molar refractivity (Wildman–Crippen MR) is 49.4 cm³/mol. The molecule has 3 nitrogen and oxygen atoms in total. The Bertz CT molecular complexity index is 247. The number of carbonyl (C=O) groups is 1. The monoisotopic (exact) mass is 181 g/mol. The third kappa shape index (κ3) is 1.67. The van der Waals surface area contributed by atoms with Crippen LogP contribution in [0.15, 0.2) is 11.6 Å². The molecule has 0 radical (unpaired) electrons. The van der Waals surface area contributed by atoms with Crippen LogP contribution < -0.4 is 5.32 Å². The summed E-state index contributed by atoms with van der Waals surface area (Å²) in [6.07, 6.45) is 6.30. The first-order valence-corrected chi connectivity index (χ1v) is 4.91. The summed E-state index contributed by atoms with van der Waals surface area (Å²) in [6.45, 7) is -0.353. The maximum absolute atomic E-state index is 11.3. The van der Waals surface area contributed by atoms with Crippen LogP contribution in [-0.4, -0.2) is 29.6 Å². The zero-order valence-corrected chi connectivity index (χ0v) is 7.62. The lowest BCUT2D eigenvalue weighted by molar-refractivity contribution is -0.118. The fraction of sp³-hybridized carbons (Fsp3) is 0.700. The molecule has 2 atom stereocenters. The smallest absolute Gasteiger partial charge is 0.185 e. The van der Waals surface area contributed by atoms with Gasteiger partial charge in [-0.1, -0.05) is 6.08 Å². The highest BCUT2D eigenvalue weighted by molar-refractivity contribution is 5.97. The van der Waals surface area contributed by atoms with Crippen molar-refractivity contribution in [2.75, 3.05) is 6.61 Å². The largest absolute Gasteiger partial charge is 0.388 e. The van der Waals surface area contributed by atoms with E-state index in [9.17, 15) is 4.79 Å². The Morgan fingerprint density at radius 1 is 1.54 bits per heavy atom. The molecule has 2 aliphatic heterocycles. The maximum atomic E-state index is 11.3. The Balaban J connectivity index is 2.16. The second kappa shape index (κ2) is 3.60. The number of aliphatic hydroxyl groups excluding tert-OH is 1. The van der Waals surface area contributed by atoms with Gasteiger partial charge in [-0.2, -0.15) is 0 Å². The van der Waals surface area contributed by atoms with Gasteiger partial charge in [-0.05, 0) is 25.7 Å². The van der Waals surface area contributed by atoms with E-state index in [0.29, 0.717) is 6.04 Å². The minimum Gasteiger partial charge on any atom is -0.388 e. The zero-order valence-electron chi connectivity index (χ0n) is 7.62. The number of Topliss-reactive ketones (excluding diaryl/α,β-unsaturated/α-hetero) is 1. The molecule has 2 rings (SSSR count). The first-order valence-electron chi connectivity index (χ1n) is 4.91. The molecule has 2 aliphatic rings. The molecular formula is C10H15NO2. The van der Waals surface area contributed by atoms with Gasteiger partial charge in [0, 0.05) is 17.7 Å². The quantitative estimate of drug-likeness (QED) is 0.648. The third-order valence-electron chi connectivity index (χ3n) is 2.96. The van der Waals surface area contributed by atoms with Gasteiger partial charge < -0.3 is 10.4 Å². The summed E-state index contributed by atoms with van der Waals surface area (Å²) < 4.78 is 0. The van der Waals surface area contributed by atoms with E-state index in [-0.39, 0.29) is 18.4 Å². The average Bonchev–Trinajstić information content (AvgIpc) is 2.46. The van der Waals surface area contributed by atoms with Gasteiger partial charge in [0.25, 0.3) is 0 Å². The Morgan fingerprint density at radius 3 is 3.15 bits per heavy atom. The van der Waals surface area contributed by atoms with Crippen LogP contribution in [0.2, 0.25) is 0 Å². The van der Waals surface area contributed by atoms with Crippen LogP contribution >= 0.6 is 0 Å². The highest BCUT2D eigenvalue weighted by Crippen LogP contribution is 2.26. The SMILES string of the molecule is O=C(CO)C1=CCC[C@@H]2CC[C@H]1N2. The van der Waals surface area contributed by atoms with Crippen molar-refractivity contribution in [1.29, 1.82) is 0 Å². The fourth-order valence-electron chi connectivity index (χ4n) is 2.27. The normalized spacial score (nSPS) is 32.5. The number of carbonyl (C=O) groups excluding carboxylic acids is 1. The highest BCUT2D eigenvalue weighted by Gasteiger charge is 2.30. The van der Waals surface area contributed by atoms with E-state index in [1.165, 1.54) is 6.42 Å². The maximum Gasteiger partial charge on any atom is 0.185 e. The number of nitrogens with one attached hydrogen (secondary N) is 1. The number of rotatable bonds is 2. The molecule has 1 saturated heterocycles. The zero-order chi connectivity index (χ0) is 9.26. The number of hydrogen-bond donors (Lipinski definition) is 2. The van der Waals surface area contributed by atoms with Crippen LogP contribution in [0.5, 0.6) is 0 Å². The topological polar surface area (TPSA) is 49.3 Å². The number of hydrogen-bond acceptors (Lipinski definition) is 3. The summed E-state index contributed by atoms with van der Waals surface area (Å²) in [6, 6.07) is 0.803. The molecule has 0 amide bonds. The Hall–Kier alpha value is -0.670. The van der Waals surface area contributed by atoms with Crippen molar-refractivity contribution in [2.24, 2.45) is 0 Å². The second-order valence-corrected chi connectivity index (χ2v) is 3.81. The van der Waals surface area contributed by atoms with Crippen LogP contribution in [-0.2, 0) is 4.79 Å². The van der Waals surface area contributed by atoms with E-state index in [1.54, 1.807) is 0 Å². The average molecular weight is 181 g/mol. The molecule has 0 aromatic heterocycles. The van der Waals surface area contributed by atoms with E-state index in [2.05, 4.69) is 5.32 Å². The van der Waals surface area contributed by atoms with Gasteiger partial charge >= 0.3 is 0 Å². The van der Waals surface area contributed by atoms with Gasteiger partial charge in [-0.25, -0.2) is 0 Å². The molecule has 0 unspecified atom stereocenters.